The Balaban J connectivity index is 2.90. The van der Waals surface area contributed by atoms with Crippen molar-refractivity contribution in [2.45, 2.75) is 12.8 Å². The van der Waals surface area contributed by atoms with Crippen molar-refractivity contribution < 1.29 is 0 Å². The minimum absolute atomic E-state index is 0.704. The lowest BCUT2D eigenvalue weighted by Crippen LogP contribution is -1.53. The van der Waals surface area contributed by atoms with E-state index in [1.807, 2.05) is 0 Å². The first-order chi connectivity index (χ1) is 2.91. The lowest BCUT2D eigenvalue weighted by molar-refractivity contribution is 1.42. The molecule has 0 aliphatic carbocycles. The largest absolute Gasteiger partial charge is 0.332 e. The van der Waals surface area contributed by atoms with Crippen molar-refractivity contribution in [3.05, 3.63) is 13.8 Å². The minimum atomic E-state index is 0.704. The van der Waals surface area contributed by atoms with Crippen molar-refractivity contribution in [3.63, 3.8) is 0 Å². The topological polar surface area (TPSA) is 0 Å². The quantitative estimate of drug-likeness (QED) is 0.305. The van der Waals surface area contributed by atoms with Gasteiger partial charge in [0.25, 0.3) is 0 Å². The molecule has 0 N–H and O–H groups in total. The zero-order valence-electron chi connectivity index (χ0n) is 3.83. The molecule has 0 heterocycles. The average molecular weight is 80.1 g/mol. The van der Waals surface area contributed by atoms with Gasteiger partial charge in [0.2, 0.25) is 0 Å². The second-order valence-corrected chi connectivity index (χ2v) is 0.854. The average Bonchev–Trinajstić information content (AvgIpc) is 1.61. The van der Waals surface area contributed by atoms with E-state index < -0.39 is 0 Å². The molecule has 0 amide bonds. The van der Waals surface area contributed by atoms with Crippen molar-refractivity contribution in [2.24, 2.45) is 0 Å². The Hall–Kier alpha value is -0.570. The highest BCUT2D eigenvalue weighted by molar-refractivity contribution is 4.99. The standard InChI is InChI=1S/C6H8/c1-3-5-6-4-2/h1-4H2. The molecule has 0 spiro atoms. The molecule has 0 saturated carbocycles. The molecule has 0 atom stereocenters. The Morgan fingerprint density at radius 3 is 2.33 bits per heavy atom. The van der Waals surface area contributed by atoms with Crippen LogP contribution in [0.4, 0.5) is 0 Å². The van der Waals surface area contributed by atoms with Gasteiger partial charge in [0.15, 0.2) is 0 Å². The number of hydrogen-bond donors (Lipinski definition) is 0. The van der Waals surface area contributed by atoms with Gasteiger partial charge >= 0.3 is 0 Å². The van der Waals surface area contributed by atoms with E-state index in [4.69, 9.17) is 0 Å². The summed E-state index contributed by atoms with van der Waals surface area (Å²) in [6.45, 7) is 7.04. The minimum Gasteiger partial charge on any atom is -0.332 e. The molecule has 0 nitrogen and oxygen atoms in total. The number of rotatable bonds is 0. The van der Waals surface area contributed by atoms with Crippen molar-refractivity contribution in [1.29, 1.82) is 0 Å². The maximum absolute atomic E-state index is 3.52. The summed E-state index contributed by atoms with van der Waals surface area (Å²) in [5.74, 6) is 5.55. The van der Waals surface area contributed by atoms with Gasteiger partial charge in [-0.25, -0.2) is 0 Å². The van der Waals surface area contributed by atoms with Crippen molar-refractivity contribution >= 4 is 0 Å². The summed E-state index contributed by atoms with van der Waals surface area (Å²) in [5.41, 5.74) is 0. The molecule has 32 valence electrons. The molecular weight excluding hydrogens is 72.1 g/mol. The molecule has 0 saturated heterocycles. The van der Waals surface area contributed by atoms with Gasteiger partial charge in [-0.05, 0) is 0 Å². The second kappa shape index (κ2) is 4.43. The molecule has 0 aliphatic rings. The van der Waals surface area contributed by atoms with Gasteiger partial charge in [-0.1, -0.05) is 5.92 Å². The summed E-state index contributed by atoms with van der Waals surface area (Å²) in [5, 5.41) is 0. The summed E-state index contributed by atoms with van der Waals surface area (Å²) in [6.07, 6.45) is 1.41. The highest BCUT2D eigenvalue weighted by atomic mass is 13.6. The first kappa shape index (κ1) is 5.43. The smallest absolute Gasteiger partial charge is 0.145 e. The van der Waals surface area contributed by atoms with Crippen LogP contribution in [0.3, 0.4) is 0 Å². The SMILES string of the molecule is [CH2+]CC#CC[CH2-]. The van der Waals surface area contributed by atoms with Crippen molar-refractivity contribution in [3.8, 4) is 11.8 Å². The molecule has 0 heteroatoms. The Morgan fingerprint density at radius 2 is 2.17 bits per heavy atom. The molecular formula is C6H8. The third kappa shape index (κ3) is 3.43. The second-order valence-electron chi connectivity index (χ2n) is 0.854. The van der Waals surface area contributed by atoms with Crippen LogP contribution < -0.4 is 0 Å². The third-order valence-electron chi connectivity index (χ3n) is 0.375. The fraction of sp³-hybridized carbons (Fsp3) is 0.333. The third-order valence-corrected chi connectivity index (χ3v) is 0.375. The van der Waals surface area contributed by atoms with Crippen LogP contribution in [0.2, 0.25) is 0 Å². The summed E-state index contributed by atoms with van der Waals surface area (Å²) >= 11 is 0. The molecule has 6 heavy (non-hydrogen) atoms. The molecule has 0 aromatic rings. The van der Waals surface area contributed by atoms with Crippen LogP contribution >= 0.6 is 0 Å². The highest BCUT2D eigenvalue weighted by Crippen LogP contribution is 1.68. The Morgan fingerprint density at radius 1 is 1.50 bits per heavy atom. The molecule has 0 aromatic heterocycles. The van der Waals surface area contributed by atoms with E-state index in [9.17, 15) is 0 Å². The summed E-state index contributed by atoms with van der Waals surface area (Å²) < 4.78 is 0. The van der Waals surface area contributed by atoms with E-state index in [0.717, 1.165) is 0 Å². The van der Waals surface area contributed by atoms with Gasteiger partial charge in [-0.2, -0.15) is 0 Å². The van der Waals surface area contributed by atoms with E-state index in [1.54, 1.807) is 0 Å². The molecule has 0 rings (SSSR count). The Kier molecular flexibility index (Phi) is 4.01. The Labute approximate surface area is 39.6 Å². The van der Waals surface area contributed by atoms with Crippen LogP contribution in [-0.2, 0) is 0 Å². The molecule has 0 unspecified atom stereocenters. The molecule has 0 aliphatic heterocycles. The van der Waals surface area contributed by atoms with Gasteiger partial charge in [0.1, 0.15) is 6.42 Å². The molecule has 0 radical (unpaired) electrons. The maximum Gasteiger partial charge on any atom is 0.145 e. The Bertz CT molecular complexity index is 53.8. The predicted octanol–water partition coefficient (Wildman–Crippen LogP) is 1.44. The number of hydrogen-bond acceptors (Lipinski definition) is 0. The monoisotopic (exact) mass is 80.1 g/mol. The maximum atomic E-state index is 3.52. The zero-order valence-corrected chi connectivity index (χ0v) is 3.83. The van der Waals surface area contributed by atoms with Crippen molar-refractivity contribution in [1.82, 2.24) is 0 Å². The molecule has 0 bridgehead atoms. The zero-order chi connectivity index (χ0) is 4.83. The normalized spacial score (nSPS) is 6.17. The van der Waals surface area contributed by atoms with Gasteiger partial charge in [0.05, 0.1) is 6.92 Å². The first-order valence-electron chi connectivity index (χ1n) is 1.96. The van der Waals surface area contributed by atoms with Gasteiger partial charge in [-0.15, -0.1) is 12.3 Å². The fourth-order valence-corrected chi connectivity index (χ4v) is 0.177. The van der Waals surface area contributed by atoms with Crippen molar-refractivity contribution in [2.75, 3.05) is 0 Å². The van der Waals surface area contributed by atoms with E-state index in [-0.39, 0.29) is 0 Å². The lowest BCUT2D eigenvalue weighted by atomic mass is 10.4. The highest BCUT2D eigenvalue weighted by Gasteiger charge is 1.59. The summed E-state index contributed by atoms with van der Waals surface area (Å²) in [6, 6.07) is 0. The van der Waals surface area contributed by atoms with Crippen LogP contribution in [-0.4, -0.2) is 0 Å². The van der Waals surface area contributed by atoms with Gasteiger partial charge in [0, 0.05) is 0 Å². The predicted molar refractivity (Wildman–Crippen MR) is 27.7 cm³/mol. The van der Waals surface area contributed by atoms with E-state index in [1.165, 1.54) is 0 Å². The van der Waals surface area contributed by atoms with Crippen LogP contribution in [0, 0.1) is 25.7 Å². The lowest BCUT2D eigenvalue weighted by Gasteiger charge is -1.70. The molecule has 0 aromatic carbocycles. The fourth-order valence-electron chi connectivity index (χ4n) is 0.177. The van der Waals surface area contributed by atoms with Gasteiger partial charge in [-0.3, -0.25) is 0 Å². The van der Waals surface area contributed by atoms with Crippen LogP contribution in [0.5, 0.6) is 0 Å². The van der Waals surface area contributed by atoms with E-state index in [0.29, 0.717) is 12.8 Å². The van der Waals surface area contributed by atoms with Gasteiger partial charge < -0.3 is 6.92 Å². The summed E-state index contributed by atoms with van der Waals surface area (Å²) in [4.78, 5) is 0. The van der Waals surface area contributed by atoms with Crippen LogP contribution in [0.1, 0.15) is 12.8 Å². The first-order valence-corrected chi connectivity index (χ1v) is 1.96. The molecule has 0 fully saturated rings. The van der Waals surface area contributed by atoms with E-state index in [2.05, 4.69) is 25.7 Å². The summed E-state index contributed by atoms with van der Waals surface area (Å²) in [7, 11) is 0. The van der Waals surface area contributed by atoms with Crippen LogP contribution in [0.15, 0.2) is 0 Å². The van der Waals surface area contributed by atoms with E-state index >= 15 is 0 Å². The van der Waals surface area contributed by atoms with Crippen LogP contribution in [0.25, 0.3) is 0 Å².